The first-order valence-electron chi connectivity index (χ1n) is 12.2. The number of piperazine rings is 1. The fourth-order valence-corrected chi connectivity index (χ4v) is 4.83. The molecule has 0 spiro atoms. The van der Waals surface area contributed by atoms with Crippen molar-refractivity contribution in [3.05, 3.63) is 58.6 Å². The molecule has 2 amide bonds. The van der Waals surface area contributed by atoms with Gasteiger partial charge in [0.1, 0.15) is 0 Å². The lowest BCUT2D eigenvalue weighted by atomic mass is 10.00. The van der Waals surface area contributed by atoms with Crippen LogP contribution in [-0.2, 0) is 18.3 Å². The van der Waals surface area contributed by atoms with Crippen LogP contribution in [0.4, 0.5) is 10.5 Å². The van der Waals surface area contributed by atoms with E-state index in [1.165, 1.54) is 0 Å². The highest BCUT2D eigenvalue weighted by molar-refractivity contribution is 6.04. The van der Waals surface area contributed by atoms with E-state index in [0.29, 0.717) is 13.2 Å². The molecule has 36 heavy (non-hydrogen) atoms. The first-order chi connectivity index (χ1) is 17.4. The fraction of sp³-hybridized carbons (Fsp3) is 0.370. The summed E-state index contributed by atoms with van der Waals surface area (Å²) < 4.78 is 8.63. The SMILES string of the molecule is COCCn1c(=O)n(C)c2cnc3ccc(-c4ccc(NC(=O)N5CCN(C)CC5)c(C)c4)cc3c21. The zero-order valence-corrected chi connectivity index (χ0v) is 21.2. The molecule has 0 aliphatic carbocycles. The maximum Gasteiger partial charge on any atom is 0.328 e. The molecule has 1 aliphatic rings. The van der Waals surface area contributed by atoms with Crippen LogP contribution in [0, 0.1) is 6.92 Å². The van der Waals surface area contributed by atoms with Crippen molar-refractivity contribution in [3.63, 3.8) is 0 Å². The number of carbonyl (C=O) groups excluding carboxylic acids is 1. The third-order valence-electron chi connectivity index (χ3n) is 7.08. The minimum Gasteiger partial charge on any atom is -0.383 e. The molecule has 0 bridgehead atoms. The van der Waals surface area contributed by atoms with E-state index < -0.39 is 0 Å². The molecular weight excluding hydrogens is 456 g/mol. The number of anilines is 1. The van der Waals surface area contributed by atoms with E-state index >= 15 is 0 Å². The van der Waals surface area contributed by atoms with Crippen LogP contribution >= 0.6 is 0 Å². The Labute approximate surface area is 209 Å². The predicted octanol–water partition coefficient (Wildman–Crippen LogP) is 3.29. The molecule has 0 radical (unpaired) electrons. The van der Waals surface area contributed by atoms with E-state index in [2.05, 4.69) is 34.4 Å². The van der Waals surface area contributed by atoms with E-state index in [4.69, 9.17) is 4.74 Å². The summed E-state index contributed by atoms with van der Waals surface area (Å²) in [7, 11) is 5.47. The normalized spacial score (nSPS) is 14.6. The van der Waals surface area contributed by atoms with Crippen molar-refractivity contribution >= 4 is 33.7 Å². The number of urea groups is 1. The standard InChI is InChI=1S/C27H32N6O3/c1-18-15-19(5-7-22(18)29-26(34)32-11-9-30(2)10-12-32)20-6-8-23-21(16-20)25-24(17-28-23)31(3)27(35)33(25)13-14-36-4/h5-8,15-17H,9-14H2,1-4H3,(H,29,34). The van der Waals surface area contributed by atoms with Crippen LogP contribution in [0.2, 0.25) is 0 Å². The first-order valence-corrected chi connectivity index (χ1v) is 12.2. The molecule has 0 saturated carbocycles. The smallest absolute Gasteiger partial charge is 0.328 e. The molecule has 0 atom stereocenters. The third kappa shape index (κ3) is 4.36. The van der Waals surface area contributed by atoms with Gasteiger partial charge < -0.3 is 19.9 Å². The molecule has 9 heteroatoms. The predicted molar refractivity (Wildman–Crippen MR) is 143 cm³/mol. The van der Waals surface area contributed by atoms with Crippen molar-refractivity contribution in [2.75, 3.05) is 52.3 Å². The monoisotopic (exact) mass is 488 g/mol. The van der Waals surface area contributed by atoms with Gasteiger partial charge in [-0.15, -0.1) is 0 Å². The van der Waals surface area contributed by atoms with Gasteiger partial charge in [0.25, 0.3) is 0 Å². The van der Waals surface area contributed by atoms with Crippen molar-refractivity contribution in [2.24, 2.45) is 7.05 Å². The van der Waals surface area contributed by atoms with Crippen LogP contribution in [0.1, 0.15) is 5.56 Å². The van der Waals surface area contributed by atoms with Gasteiger partial charge in [-0.1, -0.05) is 12.1 Å². The molecule has 9 nitrogen and oxygen atoms in total. The maximum absolute atomic E-state index is 12.9. The number of nitrogens with zero attached hydrogens (tertiary/aromatic N) is 5. The van der Waals surface area contributed by atoms with Crippen molar-refractivity contribution in [3.8, 4) is 11.1 Å². The highest BCUT2D eigenvalue weighted by atomic mass is 16.5. The Kier molecular flexibility index (Phi) is 6.51. The van der Waals surface area contributed by atoms with Crippen LogP contribution in [-0.4, -0.2) is 76.9 Å². The Morgan fingerprint density at radius 2 is 1.78 bits per heavy atom. The van der Waals surface area contributed by atoms with Gasteiger partial charge in [0.05, 0.1) is 35.9 Å². The molecule has 1 saturated heterocycles. The van der Waals surface area contributed by atoms with E-state index in [1.807, 2.05) is 36.1 Å². The molecule has 2 aromatic carbocycles. The lowest BCUT2D eigenvalue weighted by molar-refractivity contribution is 0.164. The number of imidazole rings is 1. The Balaban J connectivity index is 1.48. The van der Waals surface area contributed by atoms with Crippen molar-refractivity contribution < 1.29 is 9.53 Å². The number of methoxy groups -OCH3 is 1. The molecule has 0 unspecified atom stereocenters. The van der Waals surface area contributed by atoms with Crippen molar-refractivity contribution in [2.45, 2.75) is 13.5 Å². The summed E-state index contributed by atoms with van der Waals surface area (Å²) in [4.78, 5) is 34.3. The second-order valence-corrected chi connectivity index (χ2v) is 9.46. The summed E-state index contributed by atoms with van der Waals surface area (Å²) in [6.45, 7) is 6.15. The second kappa shape index (κ2) is 9.75. The minimum absolute atomic E-state index is 0.0590. The lowest BCUT2D eigenvalue weighted by Crippen LogP contribution is -2.48. The Hall–Kier alpha value is -3.69. The van der Waals surface area contributed by atoms with Gasteiger partial charge in [-0.25, -0.2) is 9.59 Å². The van der Waals surface area contributed by atoms with Crippen LogP contribution in [0.25, 0.3) is 33.1 Å². The third-order valence-corrected chi connectivity index (χ3v) is 7.08. The van der Waals surface area contributed by atoms with E-state index in [-0.39, 0.29) is 11.7 Å². The van der Waals surface area contributed by atoms with Gasteiger partial charge in [-0.3, -0.25) is 14.1 Å². The van der Waals surface area contributed by atoms with Crippen LogP contribution in [0.3, 0.4) is 0 Å². The summed E-state index contributed by atoms with van der Waals surface area (Å²) in [6, 6.07) is 12.1. The summed E-state index contributed by atoms with van der Waals surface area (Å²) in [5.74, 6) is 0. The highest BCUT2D eigenvalue weighted by Crippen LogP contribution is 2.30. The second-order valence-electron chi connectivity index (χ2n) is 9.46. The molecule has 188 valence electrons. The van der Waals surface area contributed by atoms with Gasteiger partial charge in [0.15, 0.2) is 0 Å². The van der Waals surface area contributed by atoms with Gasteiger partial charge in [-0.05, 0) is 54.9 Å². The minimum atomic E-state index is -0.0851. The number of rotatable bonds is 5. The quantitative estimate of drug-likeness (QED) is 0.466. The number of pyridine rings is 1. The molecular formula is C27H32N6O3. The zero-order valence-electron chi connectivity index (χ0n) is 21.2. The Morgan fingerprint density at radius 1 is 1.06 bits per heavy atom. The summed E-state index contributed by atoms with van der Waals surface area (Å²) >= 11 is 0. The van der Waals surface area contributed by atoms with E-state index in [9.17, 15) is 9.59 Å². The largest absolute Gasteiger partial charge is 0.383 e. The number of aromatic nitrogens is 3. The molecule has 1 fully saturated rings. The zero-order chi connectivity index (χ0) is 25.4. The number of ether oxygens (including phenoxy) is 1. The number of amides is 2. The maximum atomic E-state index is 12.9. The topological polar surface area (TPSA) is 84.6 Å². The van der Waals surface area contributed by atoms with Gasteiger partial charge in [0, 0.05) is 51.4 Å². The van der Waals surface area contributed by atoms with Crippen LogP contribution in [0.5, 0.6) is 0 Å². The number of nitrogens with one attached hydrogen (secondary N) is 1. The van der Waals surface area contributed by atoms with E-state index in [1.54, 1.807) is 29.5 Å². The number of hydrogen-bond donors (Lipinski definition) is 1. The van der Waals surface area contributed by atoms with Gasteiger partial charge in [0.2, 0.25) is 0 Å². The molecule has 5 rings (SSSR count). The molecule has 4 aromatic rings. The number of fused-ring (bicyclic) bond motifs is 3. The van der Waals surface area contributed by atoms with Crippen LogP contribution < -0.4 is 11.0 Å². The van der Waals surface area contributed by atoms with Crippen molar-refractivity contribution in [1.29, 1.82) is 0 Å². The number of carbonyl (C=O) groups is 1. The number of benzene rings is 2. The summed E-state index contributed by atoms with van der Waals surface area (Å²) in [5.41, 5.74) is 6.25. The average molecular weight is 489 g/mol. The lowest BCUT2D eigenvalue weighted by Gasteiger charge is -2.32. The highest BCUT2D eigenvalue weighted by Gasteiger charge is 2.20. The number of likely N-dealkylation sites (N-methyl/N-ethyl adjacent to an activating group) is 1. The molecule has 1 aliphatic heterocycles. The number of hydrogen-bond acceptors (Lipinski definition) is 5. The van der Waals surface area contributed by atoms with E-state index in [0.717, 1.165) is 70.5 Å². The average Bonchev–Trinajstić information content (AvgIpc) is 3.13. The molecule has 1 N–H and O–H groups in total. The summed E-state index contributed by atoms with van der Waals surface area (Å²) in [6.07, 6.45) is 1.75. The fourth-order valence-electron chi connectivity index (χ4n) is 4.83. The molecule has 2 aromatic heterocycles. The van der Waals surface area contributed by atoms with Gasteiger partial charge >= 0.3 is 11.7 Å². The first kappa shape index (κ1) is 24.0. The van der Waals surface area contributed by atoms with Gasteiger partial charge in [-0.2, -0.15) is 0 Å². The Morgan fingerprint density at radius 3 is 2.50 bits per heavy atom. The van der Waals surface area contributed by atoms with Crippen molar-refractivity contribution in [1.82, 2.24) is 23.9 Å². The number of aryl methyl sites for hydroxylation is 2. The summed E-state index contributed by atoms with van der Waals surface area (Å²) in [5, 5.41) is 3.99. The Bertz CT molecular complexity index is 1500. The van der Waals surface area contributed by atoms with Crippen LogP contribution in [0.15, 0.2) is 47.4 Å². The molecule has 3 heterocycles.